The molecule has 0 N–H and O–H groups in total. The fourth-order valence-electron chi connectivity index (χ4n) is 1.20. The normalized spacial score (nSPS) is 36.9. The molecule has 0 aromatic heterocycles. The average Bonchev–Trinajstić information content (AvgIpc) is 1.83. The number of Topliss-reactive ketones (excluding diaryl/α,β-unsaturated/α-hetero) is 1. The maximum atomic E-state index is 11.0. The monoisotopic (exact) mass is 190 g/mol. The van der Waals surface area contributed by atoms with Gasteiger partial charge in [-0.25, -0.2) is 0 Å². The summed E-state index contributed by atoms with van der Waals surface area (Å²) in [6.07, 6.45) is 3.06. The van der Waals surface area contributed by atoms with Crippen molar-refractivity contribution in [1.82, 2.24) is 0 Å². The molecule has 0 amide bonds. The van der Waals surface area contributed by atoms with Crippen molar-refractivity contribution in [3.05, 3.63) is 0 Å². The lowest BCUT2D eigenvalue weighted by Crippen LogP contribution is -2.26. The van der Waals surface area contributed by atoms with Gasteiger partial charge in [0.1, 0.15) is 5.78 Å². The molecule has 2 heteroatoms. The van der Waals surface area contributed by atoms with Gasteiger partial charge in [-0.05, 0) is 18.8 Å². The van der Waals surface area contributed by atoms with E-state index in [4.69, 9.17) is 0 Å². The van der Waals surface area contributed by atoms with Gasteiger partial charge in [-0.2, -0.15) is 0 Å². The summed E-state index contributed by atoms with van der Waals surface area (Å²) in [5.74, 6) is 0.931. The van der Waals surface area contributed by atoms with Crippen LogP contribution in [0.1, 0.15) is 26.2 Å². The second-order valence-corrected chi connectivity index (χ2v) is 3.72. The quantitative estimate of drug-likeness (QED) is 0.536. The van der Waals surface area contributed by atoms with E-state index in [1.807, 2.05) is 0 Å². The Kier molecular flexibility index (Phi) is 2.28. The maximum Gasteiger partial charge on any atom is 0.146 e. The van der Waals surface area contributed by atoms with Gasteiger partial charge in [0, 0.05) is 6.42 Å². The molecule has 1 fully saturated rings. The second kappa shape index (κ2) is 2.82. The Morgan fingerprint density at radius 3 is 2.78 bits per heavy atom. The van der Waals surface area contributed by atoms with Crippen LogP contribution in [0.3, 0.4) is 0 Å². The van der Waals surface area contributed by atoms with Crippen LogP contribution in [0, 0.1) is 5.92 Å². The summed E-state index contributed by atoms with van der Waals surface area (Å²) in [5, 5.41) is 0. The van der Waals surface area contributed by atoms with Crippen LogP contribution in [-0.4, -0.2) is 10.6 Å². The average molecular weight is 191 g/mol. The molecule has 0 aromatic rings. The van der Waals surface area contributed by atoms with E-state index in [0.29, 0.717) is 11.7 Å². The molecule has 0 aliphatic heterocycles. The van der Waals surface area contributed by atoms with Gasteiger partial charge in [-0.15, -0.1) is 0 Å². The Morgan fingerprint density at radius 1 is 1.67 bits per heavy atom. The first-order valence-corrected chi connectivity index (χ1v) is 4.30. The fourth-order valence-corrected chi connectivity index (χ4v) is 1.69. The predicted octanol–water partition coefficient (Wildman–Crippen LogP) is 2.14. The highest BCUT2D eigenvalue weighted by molar-refractivity contribution is 9.10. The minimum absolute atomic E-state index is 0.145. The molecule has 0 bridgehead atoms. The molecule has 0 spiro atoms. The van der Waals surface area contributed by atoms with E-state index in [2.05, 4.69) is 22.9 Å². The van der Waals surface area contributed by atoms with E-state index in [0.717, 1.165) is 12.8 Å². The number of rotatable bonds is 0. The number of hydrogen-bond donors (Lipinski definition) is 0. The molecule has 0 saturated heterocycles. The van der Waals surface area contributed by atoms with Crippen LogP contribution < -0.4 is 0 Å². The van der Waals surface area contributed by atoms with Crippen LogP contribution in [0.4, 0.5) is 0 Å². The highest BCUT2D eigenvalue weighted by Gasteiger charge is 2.25. The molecule has 1 rings (SSSR count). The summed E-state index contributed by atoms with van der Waals surface area (Å²) in [6, 6.07) is 0. The van der Waals surface area contributed by atoms with Crippen LogP contribution in [0.25, 0.3) is 0 Å². The SMILES string of the molecule is C[C@H]1CCCC(=O)[C@@H]1Br. The Hall–Kier alpha value is 0.150. The Bertz CT molecular complexity index is 122. The summed E-state index contributed by atoms with van der Waals surface area (Å²) in [7, 11) is 0. The van der Waals surface area contributed by atoms with Crippen molar-refractivity contribution in [2.24, 2.45) is 5.92 Å². The van der Waals surface area contributed by atoms with Gasteiger partial charge in [0.25, 0.3) is 0 Å². The topological polar surface area (TPSA) is 17.1 Å². The molecule has 1 aliphatic carbocycles. The molecule has 9 heavy (non-hydrogen) atoms. The van der Waals surface area contributed by atoms with Crippen LogP contribution >= 0.6 is 15.9 Å². The van der Waals surface area contributed by atoms with E-state index in [1.165, 1.54) is 6.42 Å². The van der Waals surface area contributed by atoms with Crippen LogP contribution in [0.5, 0.6) is 0 Å². The van der Waals surface area contributed by atoms with Crippen molar-refractivity contribution in [3.8, 4) is 0 Å². The molecule has 1 nitrogen and oxygen atoms in total. The van der Waals surface area contributed by atoms with Gasteiger partial charge in [0.2, 0.25) is 0 Å². The highest BCUT2D eigenvalue weighted by Crippen LogP contribution is 2.26. The van der Waals surface area contributed by atoms with E-state index >= 15 is 0 Å². The Labute approximate surface area is 64.0 Å². The number of carbonyl (C=O) groups excluding carboxylic acids is 1. The molecule has 0 unspecified atom stereocenters. The zero-order valence-corrected chi connectivity index (χ0v) is 7.15. The van der Waals surface area contributed by atoms with Crippen molar-refractivity contribution in [2.45, 2.75) is 31.0 Å². The zero-order valence-electron chi connectivity index (χ0n) is 5.56. The lowest BCUT2D eigenvalue weighted by atomic mass is 9.90. The summed E-state index contributed by atoms with van der Waals surface area (Å²) >= 11 is 3.37. The van der Waals surface area contributed by atoms with Gasteiger partial charge in [0.05, 0.1) is 4.83 Å². The lowest BCUT2D eigenvalue weighted by Gasteiger charge is -2.21. The van der Waals surface area contributed by atoms with Gasteiger partial charge in [-0.1, -0.05) is 22.9 Å². The van der Waals surface area contributed by atoms with Crippen molar-refractivity contribution in [1.29, 1.82) is 0 Å². The summed E-state index contributed by atoms with van der Waals surface area (Å²) in [6.45, 7) is 2.12. The standard InChI is InChI=1S/C7H11BrO/c1-5-3-2-4-6(9)7(5)8/h5,7H,2-4H2,1H3/t5-,7+/m0/s1. The number of ketones is 1. The predicted molar refractivity (Wildman–Crippen MR) is 40.7 cm³/mol. The molecule has 0 heterocycles. The molecule has 2 atom stereocenters. The highest BCUT2D eigenvalue weighted by atomic mass is 79.9. The Balaban J connectivity index is 2.51. The smallest absolute Gasteiger partial charge is 0.146 e. The molecule has 52 valence electrons. The molecule has 0 aromatic carbocycles. The fraction of sp³-hybridized carbons (Fsp3) is 0.857. The Morgan fingerprint density at radius 2 is 2.33 bits per heavy atom. The first kappa shape index (κ1) is 7.26. The third kappa shape index (κ3) is 1.54. The molecular formula is C7H11BrO. The van der Waals surface area contributed by atoms with Gasteiger partial charge in [-0.3, -0.25) is 4.79 Å². The van der Waals surface area contributed by atoms with Crippen molar-refractivity contribution >= 4 is 21.7 Å². The largest absolute Gasteiger partial charge is 0.298 e. The first-order valence-electron chi connectivity index (χ1n) is 3.38. The molecular weight excluding hydrogens is 180 g/mol. The third-order valence-corrected chi connectivity index (χ3v) is 3.30. The van der Waals surface area contributed by atoms with Gasteiger partial charge >= 0.3 is 0 Å². The lowest BCUT2D eigenvalue weighted by molar-refractivity contribution is -0.120. The van der Waals surface area contributed by atoms with Crippen molar-refractivity contribution < 1.29 is 4.79 Å². The number of halogens is 1. The molecule has 0 radical (unpaired) electrons. The van der Waals surface area contributed by atoms with Crippen molar-refractivity contribution in [2.75, 3.05) is 0 Å². The van der Waals surface area contributed by atoms with Crippen molar-refractivity contribution in [3.63, 3.8) is 0 Å². The second-order valence-electron chi connectivity index (χ2n) is 2.74. The first-order chi connectivity index (χ1) is 4.22. The van der Waals surface area contributed by atoms with Crippen LogP contribution in [0.15, 0.2) is 0 Å². The molecule has 1 aliphatic rings. The number of alkyl halides is 1. The number of carbonyl (C=O) groups is 1. The molecule has 1 saturated carbocycles. The van der Waals surface area contributed by atoms with E-state index in [1.54, 1.807) is 0 Å². The van der Waals surface area contributed by atoms with E-state index in [9.17, 15) is 4.79 Å². The minimum Gasteiger partial charge on any atom is -0.298 e. The minimum atomic E-state index is 0.145. The van der Waals surface area contributed by atoms with E-state index < -0.39 is 0 Å². The maximum absolute atomic E-state index is 11.0. The van der Waals surface area contributed by atoms with Crippen LogP contribution in [0.2, 0.25) is 0 Å². The van der Waals surface area contributed by atoms with E-state index in [-0.39, 0.29) is 4.83 Å². The summed E-state index contributed by atoms with van der Waals surface area (Å²) in [4.78, 5) is 11.1. The number of hydrogen-bond acceptors (Lipinski definition) is 1. The summed E-state index contributed by atoms with van der Waals surface area (Å²) in [5.41, 5.74) is 0. The van der Waals surface area contributed by atoms with Gasteiger partial charge < -0.3 is 0 Å². The summed E-state index contributed by atoms with van der Waals surface area (Å²) < 4.78 is 0. The third-order valence-electron chi connectivity index (χ3n) is 1.89. The van der Waals surface area contributed by atoms with Gasteiger partial charge in [0.15, 0.2) is 0 Å². The zero-order chi connectivity index (χ0) is 6.85. The van der Waals surface area contributed by atoms with Crippen LogP contribution in [-0.2, 0) is 4.79 Å².